The van der Waals surface area contributed by atoms with E-state index in [0.717, 1.165) is 0 Å². The van der Waals surface area contributed by atoms with Gasteiger partial charge in [0, 0.05) is 12.4 Å². The van der Waals surface area contributed by atoms with Crippen molar-refractivity contribution < 1.29 is 9.53 Å². The first-order valence-corrected chi connectivity index (χ1v) is 4.55. The Morgan fingerprint density at radius 2 is 2.19 bits per heavy atom. The number of nitriles is 1. The molecule has 6 nitrogen and oxygen atoms in total. The van der Waals surface area contributed by atoms with E-state index in [2.05, 4.69) is 14.7 Å². The molecular formula is C10H10N4O2. The third-order valence-corrected chi connectivity index (χ3v) is 1.67. The molecule has 1 heterocycles. The van der Waals surface area contributed by atoms with E-state index in [-0.39, 0.29) is 23.7 Å². The number of carbonyl (C=O) groups excluding carboxylic acids is 1. The lowest BCUT2D eigenvalue weighted by atomic mass is 10.2. The second-order valence-electron chi connectivity index (χ2n) is 2.69. The zero-order chi connectivity index (χ0) is 12.0. The van der Waals surface area contributed by atoms with Crippen LogP contribution in [0.3, 0.4) is 0 Å². The molecule has 0 aliphatic carbocycles. The summed E-state index contributed by atoms with van der Waals surface area (Å²) in [5.74, 6) is -0.637. The SMILES string of the molecule is CCOC(=O)/C(C#N)=C(\N)c1ncccn1. The number of hydrogen-bond acceptors (Lipinski definition) is 6. The fourth-order valence-electron chi connectivity index (χ4n) is 0.969. The van der Waals surface area contributed by atoms with Crippen LogP contribution in [0.15, 0.2) is 24.0 Å². The normalized spacial score (nSPS) is 11.2. The van der Waals surface area contributed by atoms with Gasteiger partial charge in [0.2, 0.25) is 0 Å². The molecule has 0 bridgehead atoms. The summed E-state index contributed by atoms with van der Waals surface area (Å²) in [4.78, 5) is 19.0. The van der Waals surface area contributed by atoms with E-state index in [4.69, 9.17) is 11.0 Å². The number of nitrogens with zero attached hydrogens (tertiary/aromatic N) is 3. The molecule has 0 aliphatic rings. The second kappa shape index (κ2) is 5.46. The molecule has 2 N–H and O–H groups in total. The minimum Gasteiger partial charge on any atom is -0.462 e. The van der Waals surface area contributed by atoms with Crippen molar-refractivity contribution in [2.75, 3.05) is 6.61 Å². The van der Waals surface area contributed by atoms with Crippen LogP contribution in [0.4, 0.5) is 0 Å². The molecule has 0 unspecified atom stereocenters. The first kappa shape index (κ1) is 11.7. The largest absolute Gasteiger partial charge is 0.462 e. The average molecular weight is 218 g/mol. The molecule has 1 aromatic rings. The van der Waals surface area contributed by atoms with Crippen LogP contribution in [0.2, 0.25) is 0 Å². The molecule has 6 heteroatoms. The van der Waals surface area contributed by atoms with Crippen molar-refractivity contribution in [2.24, 2.45) is 5.73 Å². The van der Waals surface area contributed by atoms with Crippen LogP contribution in [0.1, 0.15) is 12.7 Å². The van der Waals surface area contributed by atoms with Crippen molar-refractivity contribution in [2.45, 2.75) is 6.92 Å². The van der Waals surface area contributed by atoms with Gasteiger partial charge in [0.15, 0.2) is 11.4 Å². The average Bonchev–Trinajstić information content (AvgIpc) is 2.31. The monoisotopic (exact) mass is 218 g/mol. The number of ether oxygens (including phenoxy) is 1. The summed E-state index contributed by atoms with van der Waals surface area (Å²) in [6.07, 6.45) is 2.94. The molecule has 82 valence electrons. The Hall–Kier alpha value is -2.42. The zero-order valence-corrected chi connectivity index (χ0v) is 8.67. The van der Waals surface area contributed by atoms with Crippen molar-refractivity contribution in [3.63, 3.8) is 0 Å². The van der Waals surface area contributed by atoms with Crippen LogP contribution >= 0.6 is 0 Å². The maximum Gasteiger partial charge on any atom is 0.351 e. The number of aromatic nitrogens is 2. The molecule has 1 rings (SSSR count). The molecule has 0 aromatic carbocycles. The summed E-state index contributed by atoms with van der Waals surface area (Å²) in [5.41, 5.74) is 5.25. The molecule has 0 radical (unpaired) electrons. The predicted molar refractivity (Wildman–Crippen MR) is 55.4 cm³/mol. The van der Waals surface area contributed by atoms with Gasteiger partial charge >= 0.3 is 5.97 Å². The van der Waals surface area contributed by atoms with E-state index in [1.54, 1.807) is 19.1 Å². The van der Waals surface area contributed by atoms with E-state index >= 15 is 0 Å². The van der Waals surface area contributed by atoms with Crippen LogP contribution in [0.5, 0.6) is 0 Å². The summed E-state index contributed by atoms with van der Waals surface area (Å²) in [6, 6.07) is 3.29. The number of hydrogen-bond donors (Lipinski definition) is 1. The predicted octanol–water partition coefficient (Wildman–Crippen LogP) is 0.233. The Morgan fingerprint density at radius 1 is 1.56 bits per heavy atom. The summed E-state index contributed by atoms with van der Waals surface area (Å²) < 4.78 is 4.68. The van der Waals surface area contributed by atoms with E-state index in [1.165, 1.54) is 12.4 Å². The van der Waals surface area contributed by atoms with E-state index in [9.17, 15) is 4.79 Å². The van der Waals surface area contributed by atoms with Gasteiger partial charge in [0.05, 0.1) is 6.61 Å². The first-order chi connectivity index (χ1) is 7.70. The van der Waals surface area contributed by atoms with Gasteiger partial charge in [0.1, 0.15) is 11.8 Å². The van der Waals surface area contributed by atoms with E-state index < -0.39 is 5.97 Å². The van der Waals surface area contributed by atoms with Gasteiger partial charge in [-0.1, -0.05) is 0 Å². The molecule has 0 aliphatic heterocycles. The highest BCUT2D eigenvalue weighted by atomic mass is 16.5. The maximum absolute atomic E-state index is 11.4. The second-order valence-corrected chi connectivity index (χ2v) is 2.69. The molecule has 0 spiro atoms. The van der Waals surface area contributed by atoms with Crippen LogP contribution in [0.25, 0.3) is 5.70 Å². The summed E-state index contributed by atoms with van der Waals surface area (Å²) in [5, 5.41) is 8.81. The lowest BCUT2D eigenvalue weighted by molar-refractivity contribution is -0.137. The summed E-state index contributed by atoms with van der Waals surface area (Å²) >= 11 is 0. The third kappa shape index (κ3) is 2.54. The number of carbonyl (C=O) groups is 1. The van der Waals surface area contributed by atoms with Gasteiger partial charge in [-0.2, -0.15) is 5.26 Å². The van der Waals surface area contributed by atoms with Crippen LogP contribution < -0.4 is 5.73 Å². The van der Waals surface area contributed by atoms with Crippen molar-refractivity contribution in [1.29, 1.82) is 5.26 Å². The van der Waals surface area contributed by atoms with Crippen molar-refractivity contribution in [3.05, 3.63) is 29.9 Å². The smallest absolute Gasteiger partial charge is 0.351 e. The third-order valence-electron chi connectivity index (χ3n) is 1.67. The highest BCUT2D eigenvalue weighted by Gasteiger charge is 2.17. The van der Waals surface area contributed by atoms with Gasteiger partial charge in [-0.05, 0) is 13.0 Å². The number of esters is 1. The van der Waals surface area contributed by atoms with Gasteiger partial charge in [-0.25, -0.2) is 14.8 Å². The fraction of sp³-hybridized carbons (Fsp3) is 0.200. The highest BCUT2D eigenvalue weighted by molar-refractivity contribution is 6.00. The van der Waals surface area contributed by atoms with Gasteiger partial charge in [-0.15, -0.1) is 0 Å². The Labute approximate surface area is 92.4 Å². The van der Waals surface area contributed by atoms with Gasteiger partial charge in [-0.3, -0.25) is 0 Å². The lowest BCUT2D eigenvalue weighted by Gasteiger charge is -2.03. The van der Waals surface area contributed by atoms with Gasteiger partial charge in [0.25, 0.3) is 0 Å². The molecule has 0 saturated carbocycles. The van der Waals surface area contributed by atoms with E-state index in [0.29, 0.717) is 0 Å². The van der Waals surface area contributed by atoms with Crippen molar-refractivity contribution >= 4 is 11.7 Å². The zero-order valence-electron chi connectivity index (χ0n) is 8.67. The molecule has 0 fully saturated rings. The Balaban J connectivity index is 3.11. The molecular weight excluding hydrogens is 208 g/mol. The quantitative estimate of drug-likeness (QED) is 0.442. The van der Waals surface area contributed by atoms with Crippen LogP contribution in [0, 0.1) is 11.3 Å². The Kier molecular flexibility index (Phi) is 3.98. The van der Waals surface area contributed by atoms with Crippen molar-refractivity contribution in [3.8, 4) is 6.07 Å². The summed E-state index contributed by atoms with van der Waals surface area (Å²) in [6.45, 7) is 1.81. The Bertz CT molecular complexity index is 448. The number of rotatable bonds is 3. The minimum absolute atomic E-state index is 0.0819. The first-order valence-electron chi connectivity index (χ1n) is 4.55. The molecule has 1 aromatic heterocycles. The topological polar surface area (TPSA) is 102 Å². The molecule has 0 saturated heterocycles. The Morgan fingerprint density at radius 3 is 2.69 bits per heavy atom. The molecule has 0 amide bonds. The minimum atomic E-state index is -0.769. The molecule has 0 atom stereocenters. The highest BCUT2D eigenvalue weighted by Crippen LogP contribution is 2.09. The fourth-order valence-corrected chi connectivity index (χ4v) is 0.969. The standard InChI is InChI=1S/C10H10N4O2/c1-2-16-10(15)7(6-11)8(12)9-13-4-3-5-14-9/h3-5H,2,12H2,1H3/b8-7-. The van der Waals surface area contributed by atoms with Crippen LogP contribution in [-0.2, 0) is 9.53 Å². The summed E-state index contributed by atoms with van der Waals surface area (Å²) in [7, 11) is 0. The van der Waals surface area contributed by atoms with Gasteiger partial charge < -0.3 is 10.5 Å². The van der Waals surface area contributed by atoms with E-state index in [1.807, 2.05) is 0 Å². The lowest BCUT2D eigenvalue weighted by Crippen LogP contribution is -2.13. The van der Waals surface area contributed by atoms with Crippen LogP contribution in [-0.4, -0.2) is 22.5 Å². The molecule has 16 heavy (non-hydrogen) atoms. The maximum atomic E-state index is 11.4. The van der Waals surface area contributed by atoms with Crippen molar-refractivity contribution in [1.82, 2.24) is 9.97 Å². The number of nitrogens with two attached hydrogens (primary N) is 1.